The number of hydrogen-bond donors (Lipinski definition) is 4. The lowest BCUT2D eigenvalue weighted by atomic mass is 10.3. The largest absolute Gasteiger partial charge is 0.480 e. The highest BCUT2D eigenvalue weighted by Crippen LogP contribution is 1.93. The van der Waals surface area contributed by atoms with Gasteiger partial charge in [0, 0.05) is 39.4 Å². The first-order valence-corrected chi connectivity index (χ1v) is 7.50. The molecule has 1 fully saturated rings. The van der Waals surface area contributed by atoms with E-state index in [-0.39, 0.29) is 6.54 Å². The number of aliphatic carboxylic acids is 1. The van der Waals surface area contributed by atoms with Crippen LogP contribution in [0.25, 0.3) is 0 Å². The Morgan fingerprint density at radius 2 is 1.50 bits per heavy atom. The predicted octanol–water partition coefficient (Wildman–Crippen LogP) is -1.44. The van der Waals surface area contributed by atoms with Crippen molar-refractivity contribution >= 4 is 5.97 Å². The molecule has 7 heteroatoms. The second kappa shape index (κ2) is 11.0. The SMILES string of the molecule is NCN1CCCNCCN(CC(=O)O)CCCNCC1. The Labute approximate surface area is 121 Å². The van der Waals surface area contributed by atoms with Crippen molar-refractivity contribution in [3.63, 3.8) is 0 Å². The maximum atomic E-state index is 10.8. The lowest BCUT2D eigenvalue weighted by Gasteiger charge is -2.23. The summed E-state index contributed by atoms with van der Waals surface area (Å²) in [4.78, 5) is 15.1. The fourth-order valence-corrected chi connectivity index (χ4v) is 2.34. The average molecular weight is 287 g/mol. The topological polar surface area (TPSA) is 93.9 Å². The highest BCUT2D eigenvalue weighted by molar-refractivity contribution is 5.69. The highest BCUT2D eigenvalue weighted by Gasteiger charge is 2.09. The first-order valence-electron chi connectivity index (χ1n) is 7.50. The third-order valence-corrected chi connectivity index (χ3v) is 3.48. The molecule has 0 atom stereocenters. The summed E-state index contributed by atoms with van der Waals surface area (Å²) in [5.74, 6) is -0.752. The molecule has 1 saturated heterocycles. The zero-order valence-electron chi connectivity index (χ0n) is 12.3. The monoisotopic (exact) mass is 287 g/mol. The van der Waals surface area contributed by atoms with Crippen LogP contribution in [0.3, 0.4) is 0 Å². The summed E-state index contributed by atoms with van der Waals surface area (Å²) in [7, 11) is 0. The molecular formula is C13H29N5O2. The number of rotatable bonds is 3. The average Bonchev–Trinajstić information content (AvgIpc) is 2.42. The van der Waals surface area contributed by atoms with Gasteiger partial charge in [0.05, 0.1) is 6.54 Å². The van der Waals surface area contributed by atoms with Crippen LogP contribution in [-0.2, 0) is 4.79 Å². The number of nitrogens with two attached hydrogens (primary N) is 1. The molecule has 118 valence electrons. The molecule has 0 aromatic rings. The molecule has 0 aromatic carbocycles. The van der Waals surface area contributed by atoms with E-state index < -0.39 is 5.97 Å². The van der Waals surface area contributed by atoms with Gasteiger partial charge in [-0.2, -0.15) is 0 Å². The minimum Gasteiger partial charge on any atom is -0.480 e. The second-order valence-electron chi connectivity index (χ2n) is 5.18. The third kappa shape index (κ3) is 8.44. The van der Waals surface area contributed by atoms with Gasteiger partial charge in [-0.25, -0.2) is 0 Å². The van der Waals surface area contributed by atoms with E-state index in [0.717, 1.165) is 65.2 Å². The molecule has 0 saturated carbocycles. The third-order valence-electron chi connectivity index (χ3n) is 3.48. The zero-order chi connectivity index (χ0) is 14.6. The lowest BCUT2D eigenvalue weighted by Crippen LogP contribution is -2.41. The van der Waals surface area contributed by atoms with Gasteiger partial charge in [0.2, 0.25) is 0 Å². The Bertz CT molecular complexity index is 249. The minimum atomic E-state index is -0.752. The lowest BCUT2D eigenvalue weighted by molar-refractivity contribution is -0.138. The standard InChI is InChI=1S/C13H29N5O2/c14-12-18-8-2-4-15-5-9-17(11-13(19)20)7-1-3-16-6-10-18/h15-16H,1-12,14H2,(H,19,20). The van der Waals surface area contributed by atoms with Crippen LogP contribution in [0.1, 0.15) is 12.8 Å². The van der Waals surface area contributed by atoms with E-state index in [2.05, 4.69) is 15.5 Å². The van der Waals surface area contributed by atoms with Crippen LogP contribution < -0.4 is 16.4 Å². The summed E-state index contributed by atoms with van der Waals surface area (Å²) in [6.45, 7) is 7.95. The first kappa shape index (κ1) is 17.3. The van der Waals surface area contributed by atoms with E-state index in [9.17, 15) is 4.79 Å². The number of hydrogen-bond acceptors (Lipinski definition) is 6. The van der Waals surface area contributed by atoms with Crippen LogP contribution in [0.2, 0.25) is 0 Å². The molecule has 7 nitrogen and oxygen atoms in total. The smallest absolute Gasteiger partial charge is 0.317 e. The van der Waals surface area contributed by atoms with E-state index in [4.69, 9.17) is 10.8 Å². The van der Waals surface area contributed by atoms with Crippen LogP contribution in [0.5, 0.6) is 0 Å². The van der Waals surface area contributed by atoms with E-state index in [1.807, 2.05) is 4.90 Å². The van der Waals surface area contributed by atoms with Gasteiger partial charge in [-0.1, -0.05) is 0 Å². The van der Waals surface area contributed by atoms with Crippen molar-refractivity contribution in [1.82, 2.24) is 20.4 Å². The maximum absolute atomic E-state index is 10.8. The Kier molecular flexibility index (Phi) is 9.52. The number of carboxylic acid groups (broad SMARTS) is 1. The van der Waals surface area contributed by atoms with Crippen LogP contribution in [-0.4, -0.2) is 86.4 Å². The van der Waals surface area contributed by atoms with Crippen LogP contribution in [0.15, 0.2) is 0 Å². The van der Waals surface area contributed by atoms with Crippen molar-refractivity contribution in [2.45, 2.75) is 12.8 Å². The number of carboxylic acids is 1. The summed E-state index contributed by atoms with van der Waals surface area (Å²) in [6.07, 6.45) is 2.03. The van der Waals surface area contributed by atoms with Gasteiger partial charge in [-0.15, -0.1) is 0 Å². The Balaban J connectivity index is 2.33. The van der Waals surface area contributed by atoms with Gasteiger partial charge in [0.25, 0.3) is 0 Å². The van der Waals surface area contributed by atoms with Crippen molar-refractivity contribution in [3.05, 3.63) is 0 Å². The van der Waals surface area contributed by atoms with Crippen molar-refractivity contribution < 1.29 is 9.90 Å². The molecule has 20 heavy (non-hydrogen) atoms. The molecule has 1 heterocycles. The van der Waals surface area contributed by atoms with Crippen molar-refractivity contribution in [2.24, 2.45) is 5.73 Å². The molecule has 0 spiro atoms. The molecule has 0 bridgehead atoms. The Hall–Kier alpha value is -0.730. The summed E-state index contributed by atoms with van der Waals surface area (Å²) in [5, 5.41) is 15.7. The normalized spacial score (nSPS) is 22.2. The molecule has 1 rings (SSSR count). The number of carbonyl (C=O) groups is 1. The minimum absolute atomic E-state index is 0.128. The molecule has 0 radical (unpaired) electrons. The molecular weight excluding hydrogens is 258 g/mol. The molecule has 1 aliphatic heterocycles. The van der Waals surface area contributed by atoms with Gasteiger partial charge >= 0.3 is 5.97 Å². The Morgan fingerprint density at radius 1 is 0.950 bits per heavy atom. The molecule has 1 aliphatic rings. The zero-order valence-corrected chi connectivity index (χ0v) is 12.3. The maximum Gasteiger partial charge on any atom is 0.317 e. The second-order valence-corrected chi connectivity index (χ2v) is 5.18. The Morgan fingerprint density at radius 3 is 2.05 bits per heavy atom. The van der Waals surface area contributed by atoms with Crippen LogP contribution in [0, 0.1) is 0 Å². The quantitative estimate of drug-likeness (QED) is 0.505. The molecule has 5 N–H and O–H groups in total. The van der Waals surface area contributed by atoms with E-state index in [1.54, 1.807) is 0 Å². The van der Waals surface area contributed by atoms with Crippen molar-refractivity contribution in [3.8, 4) is 0 Å². The van der Waals surface area contributed by atoms with Gasteiger partial charge in [0.1, 0.15) is 0 Å². The van der Waals surface area contributed by atoms with Gasteiger partial charge in [0.15, 0.2) is 0 Å². The predicted molar refractivity (Wildman–Crippen MR) is 79.7 cm³/mol. The van der Waals surface area contributed by atoms with Crippen molar-refractivity contribution in [2.75, 3.05) is 65.6 Å². The summed E-state index contributed by atoms with van der Waals surface area (Å²) in [6, 6.07) is 0. The number of nitrogens with one attached hydrogen (secondary N) is 2. The molecule has 0 amide bonds. The summed E-state index contributed by atoms with van der Waals surface area (Å²) < 4.78 is 0. The summed E-state index contributed by atoms with van der Waals surface area (Å²) >= 11 is 0. The fourth-order valence-electron chi connectivity index (χ4n) is 2.34. The van der Waals surface area contributed by atoms with Gasteiger partial charge in [-0.3, -0.25) is 14.6 Å². The number of nitrogens with zero attached hydrogens (tertiary/aromatic N) is 2. The molecule has 0 aliphatic carbocycles. The van der Waals surface area contributed by atoms with Gasteiger partial charge in [-0.05, 0) is 32.5 Å². The first-order chi connectivity index (χ1) is 9.72. The fraction of sp³-hybridized carbons (Fsp3) is 0.923. The van der Waals surface area contributed by atoms with Crippen LogP contribution >= 0.6 is 0 Å². The molecule has 0 aromatic heterocycles. The summed E-state index contributed by atoms with van der Waals surface area (Å²) in [5.41, 5.74) is 5.72. The van der Waals surface area contributed by atoms with Crippen LogP contribution in [0.4, 0.5) is 0 Å². The van der Waals surface area contributed by atoms with E-state index in [1.165, 1.54) is 0 Å². The molecule has 0 unspecified atom stereocenters. The van der Waals surface area contributed by atoms with Crippen molar-refractivity contribution in [1.29, 1.82) is 0 Å². The van der Waals surface area contributed by atoms with Gasteiger partial charge < -0.3 is 21.5 Å². The van der Waals surface area contributed by atoms with E-state index in [0.29, 0.717) is 6.67 Å². The van der Waals surface area contributed by atoms with E-state index >= 15 is 0 Å². The highest BCUT2D eigenvalue weighted by atomic mass is 16.4.